The molecular formula is C20H22N4O3. The Balaban J connectivity index is 1.73. The van der Waals surface area contributed by atoms with Crippen LogP contribution in [0.2, 0.25) is 0 Å². The van der Waals surface area contributed by atoms with E-state index in [9.17, 15) is 14.4 Å². The van der Waals surface area contributed by atoms with Crippen LogP contribution in [0, 0.1) is 0 Å². The fraction of sp³-hybridized carbons (Fsp3) is 0.300. The first-order chi connectivity index (χ1) is 13.0. The zero-order chi connectivity index (χ0) is 19.4. The van der Waals surface area contributed by atoms with Crippen LogP contribution < -0.4 is 4.90 Å². The van der Waals surface area contributed by atoms with E-state index < -0.39 is 0 Å². The number of aromatic nitrogens is 1. The van der Waals surface area contributed by atoms with Gasteiger partial charge in [-0.05, 0) is 24.3 Å². The van der Waals surface area contributed by atoms with Crippen LogP contribution in [0.1, 0.15) is 27.9 Å². The number of carbonyl (C=O) groups is 3. The molecule has 7 heteroatoms. The first-order valence-corrected chi connectivity index (χ1v) is 8.82. The van der Waals surface area contributed by atoms with Crippen molar-refractivity contribution in [1.29, 1.82) is 0 Å². The Hall–Kier alpha value is -3.22. The molecule has 0 unspecified atom stereocenters. The van der Waals surface area contributed by atoms with E-state index in [0.717, 1.165) is 5.69 Å². The average Bonchev–Trinajstić information content (AvgIpc) is 2.73. The van der Waals surface area contributed by atoms with Crippen molar-refractivity contribution in [2.75, 3.05) is 38.1 Å². The number of pyridine rings is 1. The largest absolute Gasteiger partial charge is 0.339 e. The summed E-state index contributed by atoms with van der Waals surface area (Å²) in [5, 5.41) is 0. The lowest BCUT2D eigenvalue weighted by Gasteiger charge is -2.34. The lowest BCUT2D eigenvalue weighted by Crippen LogP contribution is -2.50. The molecule has 0 N–H and O–H groups in total. The van der Waals surface area contributed by atoms with Gasteiger partial charge >= 0.3 is 0 Å². The van der Waals surface area contributed by atoms with E-state index in [-0.39, 0.29) is 29.1 Å². The molecule has 1 aliphatic rings. The number of nitrogens with zero attached hydrogens (tertiary/aromatic N) is 4. The Labute approximate surface area is 158 Å². The van der Waals surface area contributed by atoms with Crippen LogP contribution in [0.25, 0.3) is 0 Å². The van der Waals surface area contributed by atoms with Crippen molar-refractivity contribution in [3.8, 4) is 0 Å². The van der Waals surface area contributed by atoms with Crippen LogP contribution in [-0.2, 0) is 4.79 Å². The van der Waals surface area contributed by atoms with Crippen molar-refractivity contribution in [2.45, 2.75) is 6.92 Å². The molecule has 0 aliphatic carbocycles. The highest BCUT2D eigenvalue weighted by atomic mass is 16.2. The van der Waals surface area contributed by atoms with Gasteiger partial charge in [-0.1, -0.05) is 24.3 Å². The van der Waals surface area contributed by atoms with Crippen LogP contribution in [0.3, 0.4) is 0 Å². The van der Waals surface area contributed by atoms with Gasteiger partial charge in [0.2, 0.25) is 5.91 Å². The lowest BCUT2D eigenvalue weighted by molar-refractivity contribution is -0.130. The second kappa shape index (κ2) is 7.99. The van der Waals surface area contributed by atoms with Gasteiger partial charge in [-0.3, -0.25) is 14.4 Å². The molecule has 0 spiro atoms. The molecule has 1 aromatic carbocycles. The number of amides is 3. The van der Waals surface area contributed by atoms with Gasteiger partial charge in [-0.25, -0.2) is 4.98 Å². The van der Waals surface area contributed by atoms with Crippen LogP contribution in [0.5, 0.6) is 0 Å². The van der Waals surface area contributed by atoms with E-state index in [0.29, 0.717) is 26.2 Å². The number of benzene rings is 1. The predicted octanol–water partition coefficient (Wildman–Crippen LogP) is 1.66. The fourth-order valence-corrected chi connectivity index (χ4v) is 3.00. The fourth-order valence-electron chi connectivity index (χ4n) is 3.00. The molecule has 2 aromatic rings. The summed E-state index contributed by atoms with van der Waals surface area (Å²) < 4.78 is 0. The number of para-hydroxylation sites is 1. The molecule has 2 heterocycles. The van der Waals surface area contributed by atoms with Crippen molar-refractivity contribution in [3.63, 3.8) is 0 Å². The van der Waals surface area contributed by atoms with E-state index in [4.69, 9.17) is 0 Å². The van der Waals surface area contributed by atoms with Crippen molar-refractivity contribution in [2.24, 2.45) is 0 Å². The highest BCUT2D eigenvalue weighted by Gasteiger charge is 2.25. The maximum Gasteiger partial charge on any atom is 0.276 e. The number of piperazine rings is 1. The number of rotatable bonds is 3. The minimum atomic E-state index is -0.280. The molecule has 7 nitrogen and oxygen atoms in total. The molecular weight excluding hydrogens is 344 g/mol. The second-order valence-corrected chi connectivity index (χ2v) is 6.41. The lowest BCUT2D eigenvalue weighted by atomic mass is 10.2. The maximum atomic E-state index is 12.7. The molecule has 0 saturated carbocycles. The van der Waals surface area contributed by atoms with Crippen LogP contribution >= 0.6 is 0 Å². The summed E-state index contributed by atoms with van der Waals surface area (Å²) in [5.74, 6) is -0.496. The molecule has 27 heavy (non-hydrogen) atoms. The monoisotopic (exact) mass is 366 g/mol. The van der Waals surface area contributed by atoms with Crippen molar-refractivity contribution in [1.82, 2.24) is 14.8 Å². The molecule has 140 valence electrons. The highest BCUT2D eigenvalue weighted by Crippen LogP contribution is 2.15. The van der Waals surface area contributed by atoms with Gasteiger partial charge in [-0.15, -0.1) is 0 Å². The Bertz CT molecular complexity index is 845. The van der Waals surface area contributed by atoms with E-state index in [1.807, 2.05) is 30.3 Å². The van der Waals surface area contributed by atoms with Gasteiger partial charge in [0.15, 0.2) is 0 Å². The summed E-state index contributed by atoms with van der Waals surface area (Å²) in [6.07, 6.45) is 0. The quantitative estimate of drug-likeness (QED) is 0.828. The Morgan fingerprint density at radius 1 is 0.852 bits per heavy atom. The smallest absolute Gasteiger partial charge is 0.276 e. The SMILES string of the molecule is CC(=O)N1CCN(C(=O)c2cccc(C(=O)N(C)c3ccccc3)n2)CC1. The Morgan fingerprint density at radius 2 is 1.44 bits per heavy atom. The molecule has 1 saturated heterocycles. The minimum absolute atomic E-state index is 0.0109. The molecule has 3 rings (SSSR count). The van der Waals surface area contributed by atoms with E-state index in [1.54, 1.807) is 35.0 Å². The second-order valence-electron chi connectivity index (χ2n) is 6.41. The summed E-state index contributed by atoms with van der Waals surface area (Å²) in [6.45, 7) is 3.47. The van der Waals surface area contributed by atoms with Gasteiger partial charge in [0.25, 0.3) is 11.8 Å². The zero-order valence-corrected chi connectivity index (χ0v) is 15.5. The average molecular weight is 366 g/mol. The third kappa shape index (κ3) is 4.13. The van der Waals surface area contributed by atoms with Gasteiger partial charge in [-0.2, -0.15) is 0 Å². The topological polar surface area (TPSA) is 73.8 Å². The number of hydrogen-bond donors (Lipinski definition) is 0. The van der Waals surface area contributed by atoms with Crippen molar-refractivity contribution < 1.29 is 14.4 Å². The molecule has 0 bridgehead atoms. The third-order valence-corrected chi connectivity index (χ3v) is 4.65. The minimum Gasteiger partial charge on any atom is -0.339 e. The standard InChI is InChI=1S/C20H22N4O3/c1-15(25)23-11-13-24(14-12-23)20(27)18-10-6-9-17(21-18)19(26)22(2)16-7-4-3-5-8-16/h3-10H,11-14H2,1-2H3. The number of carbonyl (C=O) groups excluding carboxylic acids is 3. The van der Waals surface area contributed by atoms with Crippen LogP contribution in [0.15, 0.2) is 48.5 Å². The van der Waals surface area contributed by atoms with E-state index >= 15 is 0 Å². The van der Waals surface area contributed by atoms with E-state index in [1.165, 1.54) is 11.8 Å². The summed E-state index contributed by atoms with van der Waals surface area (Å²) in [7, 11) is 1.68. The predicted molar refractivity (Wildman–Crippen MR) is 102 cm³/mol. The molecule has 3 amide bonds. The Kier molecular flexibility index (Phi) is 5.49. The van der Waals surface area contributed by atoms with Crippen molar-refractivity contribution in [3.05, 3.63) is 59.9 Å². The van der Waals surface area contributed by atoms with Gasteiger partial charge < -0.3 is 14.7 Å². The number of anilines is 1. The van der Waals surface area contributed by atoms with Crippen molar-refractivity contribution >= 4 is 23.4 Å². The molecule has 1 fully saturated rings. The Morgan fingerprint density at radius 3 is 2.07 bits per heavy atom. The van der Waals surface area contributed by atoms with E-state index in [2.05, 4.69) is 4.98 Å². The van der Waals surface area contributed by atoms with Gasteiger partial charge in [0.1, 0.15) is 11.4 Å². The van der Waals surface area contributed by atoms with Crippen LogP contribution in [0.4, 0.5) is 5.69 Å². The van der Waals surface area contributed by atoms with Gasteiger partial charge in [0, 0.05) is 45.8 Å². The molecule has 0 radical (unpaired) electrons. The summed E-state index contributed by atoms with van der Waals surface area (Å²) in [5.41, 5.74) is 1.20. The number of hydrogen-bond acceptors (Lipinski definition) is 4. The summed E-state index contributed by atoms with van der Waals surface area (Å²) in [4.78, 5) is 46.0. The highest BCUT2D eigenvalue weighted by molar-refractivity contribution is 6.05. The first kappa shape index (κ1) is 18.6. The molecule has 1 aromatic heterocycles. The summed E-state index contributed by atoms with van der Waals surface area (Å²) >= 11 is 0. The van der Waals surface area contributed by atoms with Gasteiger partial charge in [0.05, 0.1) is 0 Å². The third-order valence-electron chi connectivity index (χ3n) is 4.65. The molecule has 1 aliphatic heterocycles. The normalized spacial score (nSPS) is 14.0. The maximum absolute atomic E-state index is 12.7. The zero-order valence-electron chi connectivity index (χ0n) is 15.5. The first-order valence-electron chi connectivity index (χ1n) is 8.82. The van der Waals surface area contributed by atoms with Crippen LogP contribution in [-0.4, -0.2) is 65.7 Å². The summed E-state index contributed by atoms with van der Waals surface area (Å²) in [6, 6.07) is 14.1. The molecule has 0 atom stereocenters.